The fourth-order valence-corrected chi connectivity index (χ4v) is 0.751. The van der Waals surface area contributed by atoms with Crippen LogP contribution in [0.1, 0.15) is 5.69 Å². The van der Waals surface area contributed by atoms with Gasteiger partial charge >= 0.3 is 0 Å². The van der Waals surface area contributed by atoms with Crippen LogP contribution in [0.3, 0.4) is 0 Å². The molecule has 0 aliphatic heterocycles. The summed E-state index contributed by atoms with van der Waals surface area (Å²) in [5.74, 6) is -0.000370. The van der Waals surface area contributed by atoms with Crippen LogP contribution in [0.4, 0.5) is 0 Å². The molecule has 0 saturated carbocycles. The first kappa shape index (κ1) is 7.81. The summed E-state index contributed by atoms with van der Waals surface area (Å²) in [6, 6.07) is -0.407. The van der Waals surface area contributed by atoms with Gasteiger partial charge in [-0.15, -0.1) is 0 Å². The predicted octanol–water partition coefficient (Wildman–Crippen LogP) is 0.351. The third-order valence-electron chi connectivity index (χ3n) is 1.42. The molecule has 0 saturated heterocycles. The lowest BCUT2D eigenvalue weighted by Gasteiger charge is -2.06. The van der Waals surface area contributed by atoms with Crippen LogP contribution in [0.25, 0.3) is 0 Å². The smallest absolute Gasteiger partial charge is 0.102 e. The first-order valence-electron chi connectivity index (χ1n) is 3.30. The van der Waals surface area contributed by atoms with Crippen LogP contribution in [0.15, 0.2) is 24.9 Å². The maximum Gasteiger partial charge on any atom is 0.102 e. The Morgan fingerprint density at radius 1 is 1.91 bits per heavy atom. The molecule has 0 unspecified atom stereocenters. The molecule has 1 atom stereocenters. The zero-order chi connectivity index (χ0) is 8.27. The number of hydrogen-bond donors (Lipinski definition) is 3. The summed E-state index contributed by atoms with van der Waals surface area (Å²) in [7, 11) is 0. The molecule has 1 heterocycles. The second kappa shape index (κ2) is 3.21. The van der Waals surface area contributed by atoms with E-state index in [1.165, 1.54) is 0 Å². The predicted molar refractivity (Wildman–Crippen MR) is 42.0 cm³/mol. The Balaban J connectivity index is 2.50. The lowest BCUT2D eigenvalue weighted by molar-refractivity contribution is 0.368. The maximum absolute atomic E-state index is 8.87. The van der Waals surface area contributed by atoms with Crippen molar-refractivity contribution in [3.63, 3.8) is 0 Å². The van der Waals surface area contributed by atoms with Crippen molar-refractivity contribution in [1.29, 1.82) is 0 Å². The monoisotopic (exact) mass is 153 g/mol. The van der Waals surface area contributed by atoms with Crippen molar-refractivity contribution < 1.29 is 5.11 Å². The highest BCUT2D eigenvalue weighted by atomic mass is 16.3. The van der Waals surface area contributed by atoms with E-state index in [4.69, 9.17) is 10.8 Å². The lowest BCUT2D eigenvalue weighted by atomic mass is 10.1. The Morgan fingerprint density at radius 3 is 3.09 bits per heavy atom. The van der Waals surface area contributed by atoms with Crippen LogP contribution in [0.2, 0.25) is 0 Å². The van der Waals surface area contributed by atoms with E-state index < -0.39 is 6.04 Å². The van der Waals surface area contributed by atoms with Gasteiger partial charge in [-0.25, -0.2) is 4.98 Å². The first-order valence-corrected chi connectivity index (χ1v) is 3.30. The number of H-pyrrole nitrogens is 1. The van der Waals surface area contributed by atoms with Crippen molar-refractivity contribution in [2.45, 2.75) is 12.5 Å². The van der Waals surface area contributed by atoms with Gasteiger partial charge in [0, 0.05) is 18.3 Å². The molecule has 0 radical (unpaired) electrons. The van der Waals surface area contributed by atoms with E-state index in [0.717, 1.165) is 5.69 Å². The van der Waals surface area contributed by atoms with E-state index in [0.29, 0.717) is 6.42 Å². The number of hydrogen-bond acceptors (Lipinski definition) is 3. The van der Waals surface area contributed by atoms with Crippen LogP contribution in [0.5, 0.6) is 0 Å². The van der Waals surface area contributed by atoms with Crippen LogP contribution in [-0.2, 0) is 6.42 Å². The maximum atomic E-state index is 8.87. The van der Waals surface area contributed by atoms with Crippen molar-refractivity contribution in [2.75, 3.05) is 0 Å². The minimum absolute atomic E-state index is 0.000370. The minimum atomic E-state index is -0.407. The fraction of sp³-hybridized carbons (Fsp3) is 0.286. The largest absolute Gasteiger partial charge is 0.511 e. The number of aliphatic hydroxyl groups excluding tert-OH is 1. The Hall–Kier alpha value is -1.29. The molecule has 0 fully saturated rings. The molecule has 4 N–H and O–H groups in total. The fourth-order valence-electron chi connectivity index (χ4n) is 0.751. The minimum Gasteiger partial charge on any atom is -0.511 e. The van der Waals surface area contributed by atoms with E-state index >= 15 is 0 Å². The highest BCUT2D eigenvalue weighted by Crippen LogP contribution is 2.00. The molecule has 1 rings (SSSR count). The Bertz CT molecular complexity index is 230. The van der Waals surface area contributed by atoms with E-state index in [9.17, 15) is 0 Å². The van der Waals surface area contributed by atoms with Gasteiger partial charge in [0.05, 0.1) is 12.4 Å². The molecule has 0 spiro atoms. The summed E-state index contributed by atoms with van der Waals surface area (Å²) in [4.78, 5) is 6.69. The molecule has 4 nitrogen and oxygen atoms in total. The molecule has 0 aliphatic rings. The number of aromatic nitrogens is 2. The molecule has 1 aromatic heterocycles. The van der Waals surface area contributed by atoms with E-state index in [2.05, 4.69) is 16.5 Å². The number of nitrogens with zero attached hydrogens (tertiary/aromatic N) is 1. The SMILES string of the molecule is C=C(O)[C@@H](N)Cc1cnc[nH]1. The number of rotatable bonds is 3. The first-order chi connectivity index (χ1) is 5.20. The van der Waals surface area contributed by atoms with Gasteiger partial charge in [0.15, 0.2) is 0 Å². The van der Waals surface area contributed by atoms with Crippen LogP contribution in [-0.4, -0.2) is 21.1 Å². The van der Waals surface area contributed by atoms with Crippen molar-refractivity contribution in [2.24, 2.45) is 5.73 Å². The molecule has 0 amide bonds. The summed E-state index contributed by atoms with van der Waals surface area (Å²) in [6.45, 7) is 3.33. The van der Waals surface area contributed by atoms with Crippen LogP contribution in [0, 0.1) is 0 Å². The third-order valence-corrected chi connectivity index (χ3v) is 1.42. The number of aromatic amines is 1. The normalized spacial score (nSPS) is 12.8. The highest BCUT2D eigenvalue weighted by Gasteiger charge is 2.06. The van der Waals surface area contributed by atoms with Crippen molar-refractivity contribution in [3.05, 3.63) is 30.6 Å². The van der Waals surface area contributed by atoms with Gasteiger partial charge in [0.2, 0.25) is 0 Å². The highest BCUT2D eigenvalue weighted by molar-refractivity contribution is 5.04. The Kier molecular flexibility index (Phi) is 2.28. The van der Waals surface area contributed by atoms with E-state index in [1.807, 2.05) is 0 Å². The molecule has 0 bridgehead atoms. The summed E-state index contributed by atoms with van der Waals surface area (Å²) in [5, 5.41) is 8.87. The standard InChI is InChI=1S/C7H11N3O/c1-5(11)7(8)2-6-3-9-4-10-6/h3-4,7,11H,1-2,8H2,(H,9,10)/t7-/m0/s1. The van der Waals surface area contributed by atoms with Gasteiger partial charge < -0.3 is 15.8 Å². The van der Waals surface area contributed by atoms with E-state index in [-0.39, 0.29) is 5.76 Å². The summed E-state index contributed by atoms with van der Waals surface area (Å²) < 4.78 is 0. The summed E-state index contributed by atoms with van der Waals surface area (Å²) in [5.41, 5.74) is 6.41. The molecule has 11 heavy (non-hydrogen) atoms. The number of nitrogens with two attached hydrogens (primary N) is 1. The molecule has 0 aliphatic carbocycles. The molecule has 0 aromatic carbocycles. The van der Waals surface area contributed by atoms with Crippen LogP contribution < -0.4 is 5.73 Å². The van der Waals surface area contributed by atoms with Gasteiger partial charge in [-0.1, -0.05) is 6.58 Å². The third kappa shape index (κ3) is 2.09. The number of aliphatic hydroxyl groups is 1. The topological polar surface area (TPSA) is 74.9 Å². The van der Waals surface area contributed by atoms with Gasteiger partial charge in [0.1, 0.15) is 5.76 Å². The van der Waals surface area contributed by atoms with Gasteiger partial charge in [0.25, 0.3) is 0 Å². The average molecular weight is 153 g/mol. The lowest BCUT2D eigenvalue weighted by Crippen LogP contribution is -2.24. The van der Waals surface area contributed by atoms with Gasteiger partial charge in [-0.05, 0) is 0 Å². The molecular formula is C7H11N3O. The van der Waals surface area contributed by atoms with Crippen molar-refractivity contribution >= 4 is 0 Å². The van der Waals surface area contributed by atoms with Crippen molar-refractivity contribution in [1.82, 2.24) is 9.97 Å². The quantitative estimate of drug-likeness (QED) is 0.548. The molecule has 60 valence electrons. The zero-order valence-corrected chi connectivity index (χ0v) is 6.12. The van der Waals surface area contributed by atoms with Gasteiger partial charge in [-0.3, -0.25) is 0 Å². The average Bonchev–Trinajstić information content (AvgIpc) is 2.39. The van der Waals surface area contributed by atoms with Gasteiger partial charge in [-0.2, -0.15) is 0 Å². The Labute approximate surface area is 64.8 Å². The summed E-state index contributed by atoms with van der Waals surface area (Å²) >= 11 is 0. The van der Waals surface area contributed by atoms with Crippen LogP contribution >= 0.6 is 0 Å². The number of nitrogens with one attached hydrogen (secondary N) is 1. The second-order valence-electron chi connectivity index (χ2n) is 2.38. The molecule has 4 heteroatoms. The van der Waals surface area contributed by atoms with E-state index in [1.54, 1.807) is 12.5 Å². The molecule has 1 aromatic rings. The Morgan fingerprint density at radius 2 is 2.64 bits per heavy atom. The number of imidazole rings is 1. The molecular weight excluding hydrogens is 142 g/mol. The summed E-state index contributed by atoms with van der Waals surface area (Å²) in [6.07, 6.45) is 3.78. The van der Waals surface area contributed by atoms with Crippen molar-refractivity contribution in [3.8, 4) is 0 Å². The second-order valence-corrected chi connectivity index (χ2v) is 2.38. The zero-order valence-electron chi connectivity index (χ0n) is 6.12.